The van der Waals surface area contributed by atoms with Crippen molar-refractivity contribution in [2.75, 3.05) is 5.32 Å². The number of nitrogens with one attached hydrogen (secondary N) is 3. The average Bonchev–Trinajstić information content (AvgIpc) is 3.21. The van der Waals surface area contributed by atoms with E-state index in [1.165, 1.54) is 0 Å². The first-order valence-electron chi connectivity index (χ1n) is 8.56. The topological polar surface area (TPSA) is 130 Å². The minimum Gasteiger partial charge on any atom is -0.303 e. The molecule has 1 amide bonds. The van der Waals surface area contributed by atoms with Gasteiger partial charge in [0.2, 0.25) is 5.69 Å². The van der Waals surface area contributed by atoms with Crippen molar-refractivity contribution in [3.63, 3.8) is 0 Å². The van der Waals surface area contributed by atoms with Gasteiger partial charge in [0.05, 0.1) is 10.6 Å². The zero-order valence-electron chi connectivity index (χ0n) is 15.3. The first-order chi connectivity index (χ1) is 12.9. The monoisotopic (exact) mass is 368 g/mol. The van der Waals surface area contributed by atoms with Gasteiger partial charge in [0.25, 0.3) is 5.91 Å². The van der Waals surface area contributed by atoms with Gasteiger partial charge in [-0.1, -0.05) is 30.5 Å². The van der Waals surface area contributed by atoms with Gasteiger partial charge in [-0.25, -0.2) is 0 Å². The number of nitrogens with zero attached hydrogens (tertiary/aromatic N) is 3. The molecule has 0 spiro atoms. The Bertz CT molecular complexity index is 984. The van der Waals surface area contributed by atoms with E-state index in [9.17, 15) is 14.9 Å². The van der Waals surface area contributed by atoms with E-state index in [0.29, 0.717) is 18.5 Å². The zero-order valence-corrected chi connectivity index (χ0v) is 15.3. The van der Waals surface area contributed by atoms with Crippen LogP contribution in [0.1, 0.15) is 40.7 Å². The van der Waals surface area contributed by atoms with Crippen molar-refractivity contribution in [2.45, 2.75) is 33.6 Å². The van der Waals surface area contributed by atoms with Gasteiger partial charge in [0.15, 0.2) is 5.82 Å². The summed E-state index contributed by atoms with van der Waals surface area (Å²) < 4.78 is 0. The molecule has 0 saturated heterocycles. The van der Waals surface area contributed by atoms with Crippen LogP contribution in [0.4, 0.5) is 11.5 Å². The van der Waals surface area contributed by atoms with E-state index in [2.05, 4.69) is 31.8 Å². The summed E-state index contributed by atoms with van der Waals surface area (Å²) >= 11 is 0. The molecule has 0 aliphatic carbocycles. The summed E-state index contributed by atoms with van der Waals surface area (Å²) in [5, 5.41) is 27.2. The molecule has 3 rings (SSSR count). The van der Waals surface area contributed by atoms with Crippen molar-refractivity contribution in [3.05, 3.63) is 56.9 Å². The second-order valence-corrected chi connectivity index (χ2v) is 6.40. The lowest BCUT2D eigenvalue weighted by atomic mass is 10.1. The van der Waals surface area contributed by atoms with E-state index >= 15 is 0 Å². The number of aromatic amines is 2. The van der Waals surface area contributed by atoms with Gasteiger partial charge in [-0.15, -0.1) is 0 Å². The summed E-state index contributed by atoms with van der Waals surface area (Å²) in [6, 6.07) is 7.74. The second kappa shape index (κ2) is 7.40. The highest BCUT2D eigenvalue weighted by atomic mass is 16.6. The fourth-order valence-electron chi connectivity index (χ4n) is 2.99. The third-order valence-corrected chi connectivity index (χ3v) is 4.06. The van der Waals surface area contributed by atoms with Gasteiger partial charge >= 0.3 is 5.69 Å². The summed E-state index contributed by atoms with van der Waals surface area (Å²) in [5.74, 6) is -0.415. The third-order valence-electron chi connectivity index (χ3n) is 4.06. The fraction of sp³-hybridized carbons (Fsp3) is 0.278. The number of anilines is 1. The fourth-order valence-corrected chi connectivity index (χ4v) is 2.99. The maximum atomic E-state index is 12.5. The van der Waals surface area contributed by atoms with E-state index in [4.69, 9.17) is 0 Å². The van der Waals surface area contributed by atoms with Crippen molar-refractivity contribution in [1.82, 2.24) is 20.4 Å². The second-order valence-electron chi connectivity index (χ2n) is 6.40. The molecule has 1 aromatic carbocycles. The van der Waals surface area contributed by atoms with Crippen molar-refractivity contribution in [1.29, 1.82) is 0 Å². The van der Waals surface area contributed by atoms with Gasteiger partial charge in [-0.2, -0.15) is 10.2 Å². The van der Waals surface area contributed by atoms with E-state index < -0.39 is 10.8 Å². The predicted molar refractivity (Wildman–Crippen MR) is 101 cm³/mol. The van der Waals surface area contributed by atoms with Crippen molar-refractivity contribution in [2.24, 2.45) is 0 Å². The van der Waals surface area contributed by atoms with Crippen LogP contribution in [-0.2, 0) is 6.42 Å². The summed E-state index contributed by atoms with van der Waals surface area (Å²) in [5.41, 5.74) is 3.70. The first-order valence-corrected chi connectivity index (χ1v) is 8.56. The van der Waals surface area contributed by atoms with Crippen LogP contribution in [0.15, 0.2) is 24.3 Å². The molecule has 0 aliphatic rings. The molecule has 3 aromatic rings. The number of amides is 1. The van der Waals surface area contributed by atoms with Gasteiger partial charge < -0.3 is 5.32 Å². The quantitative estimate of drug-likeness (QED) is 0.453. The number of hydrogen-bond acceptors (Lipinski definition) is 5. The standard InChI is InChI=1S/C18H20N6O3/c1-4-5-13-17(24(26)27)16(23-20-13)18(25)19-15-9-14(21-22-15)12-7-10(2)6-11(3)8-12/h6-9H,4-5H2,1-3H3,(H,20,23)(H2,19,21,22,25). The smallest absolute Gasteiger partial charge is 0.303 e. The van der Waals surface area contributed by atoms with E-state index in [0.717, 1.165) is 22.4 Å². The molecule has 9 heteroatoms. The predicted octanol–water partition coefficient (Wildman–Crippen LogP) is 3.53. The van der Waals surface area contributed by atoms with Gasteiger partial charge in [0.1, 0.15) is 5.69 Å². The average molecular weight is 368 g/mol. The molecular weight excluding hydrogens is 348 g/mol. The Morgan fingerprint density at radius 2 is 1.85 bits per heavy atom. The molecule has 9 nitrogen and oxygen atoms in total. The third kappa shape index (κ3) is 3.86. The van der Waals surface area contributed by atoms with Crippen LogP contribution in [0, 0.1) is 24.0 Å². The van der Waals surface area contributed by atoms with E-state index in [-0.39, 0.29) is 17.2 Å². The number of nitro groups is 1. The Kier molecular flexibility index (Phi) is 5.02. The molecule has 0 aliphatic heterocycles. The van der Waals surface area contributed by atoms with Crippen molar-refractivity contribution >= 4 is 17.4 Å². The molecule has 0 unspecified atom stereocenters. The lowest BCUT2D eigenvalue weighted by molar-refractivity contribution is -0.385. The number of aryl methyl sites for hydroxylation is 3. The number of carbonyl (C=O) groups excluding carboxylic acids is 1. The molecule has 0 saturated carbocycles. The molecule has 0 fully saturated rings. The summed E-state index contributed by atoms with van der Waals surface area (Å²) in [6.45, 7) is 5.89. The highest BCUT2D eigenvalue weighted by Gasteiger charge is 2.29. The number of rotatable bonds is 6. The zero-order chi connectivity index (χ0) is 19.6. The Hall–Kier alpha value is -3.49. The maximum absolute atomic E-state index is 12.5. The van der Waals surface area contributed by atoms with Crippen LogP contribution in [-0.4, -0.2) is 31.2 Å². The highest BCUT2D eigenvalue weighted by Crippen LogP contribution is 2.25. The van der Waals surface area contributed by atoms with E-state index in [1.54, 1.807) is 6.07 Å². The molecular formula is C18H20N6O3. The lowest BCUT2D eigenvalue weighted by Crippen LogP contribution is -2.14. The molecule has 2 heterocycles. The Morgan fingerprint density at radius 1 is 1.15 bits per heavy atom. The maximum Gasteiger partial charge on any atom is 0.322 e. The molecule has 0 atom stereocenters. The Balaban J connectivity index is 1.83. The number of benzene rings is 1. The number of carbonyl (C=O) groups is 1. The van der Waals surface area contributed by atoms with E-state index in [1.807, 2.05) is 32.9 Å². The molecule has 140 valence electrons. The number of H-pyrrole nitrogens is 2. The highest BCUT2D eigenvalue weighted by molar-refractivity contribution is 6.05. The largest absolute Gasteiger partial charge is 0.322 e. The van der Waals surface area contributed by atoms with Crippen LogP contribution >= 0.6 is 0 Å². The molecule has 0 bridgehead atoms. The molecule has 0 radical (unpaired) electrons. The van der Waals surface area contributed by atoms with Crippen LogP contribution < -0.4 is 5.32 Å². The summed E-state index contributed by atoms with van der Waals surface area (Å²) in [4.78, 5) is 23.2. The lowest BCUT2D eigenvalue weighted by Gasteiger charge is -2.02. The van der Waals surface area contributed by atoms with Gasteiger partial charge in [-0.05, 0) is 32.4 Å². The Labute approximate surface area is 155 Å². The van der Waals surface area contributed by atoms with Crippen LogP contribution in [0.5, 0.6) is 0 Å². The normalized spacial score (nSPS) is 10.8. The molecule has 2 aromatic heterocycles. The van der Waals surface area contributed by atoms with Crippen LogP contribution in [0.25, 0.3) is 11.3 Å². The van der Waals surface area contributed by atoms with Crippen molar-refractivity contribution in [3.8, 4) is 11.3 Å². The van der Waals surface area contributed by atoms with Crippen LogP contribution in [0.2, 0.25) is 0 Å². The minimum atomic E-state index is -0.682. The SMILES string of the molecule is CCCc1[nH]nc(C(=O)Nc2cc(-c3cc(C)cc(C)c3)[nH]n2)c1[N+](=O)[O-]. The number of aromatic nitrogens is 4. The number of hydrogen-bond donors (Lipinski definition) is 3. The summed E-state index contributed by atoms with van der Waals surface area (Å²) in [7, 11) is 0. The van der Waals surface area contributed by atoms with Gasteiger partial charge in [0, 0.05) is 11.6 Å². The summed E-state index contributed by atoms with van der Waals surface area (Å²) in [6.07, 6.45) is 1.14. The van der Waals surface area contributed by atoms with Crippen LogP contribution in [0.3, 0.4) is 0 Å². The minimum absolute atomic E-state index is 0.251. The molecule has 27 heavy (non-hydrogen) atoms. The van der Waals surface area contributed by atoms with Crippen molar-refractivity contribution < 1.29 is 9.72 Å². The molecule has 3 N–H and O–H groups in total. The van der Waals surface area contributed by atoms with Gasteiger partial charge in [-0.3, -0.25) is 25.1 Å². The first kappa shape index (κ1) is 18.3. The Morgan fingerprint density at radius 3 is 2.48 bits per heavy atom.